The van der Waals surface area contributed by atoms with Gasteiger partial charge in [0.1, 0.15) is 12.1 Å². The number of hydrogen-bond donors (Lipinski definition) is 1. The number of anilines is 1. The quantitative estimate of drug-likeness (QED) is 0.911. The van der Waals surface area contributed by atoms with Crippen LogP contribution in [0.25, 0.3) is 0 Å². The molecule has 1 N–H and O–H groups in total. The standard InChI is InChI=1S/C15H19ClN2O2/c1-8(2)13-14(19)17-10(4)15(20)18(13)12-7-9(3)5-6-11(12)16/h5-8,10,13H,1-4H3,(H,17,19). The van der Waals surface area contributed by atoms with Crippen LogP contribution in [0.1, 0.15) is 26.3 Å². The average Bonchev–Trinajstić information content (AvgIpc) is 2.36. The number of benzene rings is 1. The molecule has 1 aliphatic heterocycles. The third-order valence-corrected chi connectivity index (χ3v) is 3.83. The molecule has 1 aromatic rings. The van der Waals surface area contributed by atoms with Gasteiger partial charge in [-0.2, -0.15) is 0 Å². The maximum absolute atomic E-state index is 12.5. The van der Waals surface area contributed by atoms with Crippen molar-refractivity contribution in [2.45, 2.75) is 39.8 Å². The second-order valence-electron chi connectivity index (χ2n) is 5.58. The number of piperazine rings is 1. The summed E-state index contributed by atoms with van der Waals surface area (Å²) in [6.45, 7) is 7.46. The Balaban J connectivity index is 2.55. The maximum Gasteiger partial charge on any atom is 0.250 e. The fourth-order valence-corrected chi connectivity index (χ4v) is 2.71. The monoisotopic (exact) mass is 294 g/mol. The summed E-state index contributed by atoms with van der Waals surface area (Å²) < 4.78 is 0. The summed E-state index contributed by atoms with van der Waals surface area (Å²) in [6, 6.07) is 4.43. The summed E-state index contributed by atoms with van der Waals surface area (Å²) in [5.41, 5.74) is 1.61. The van der Waals surface area contributed by atoms with Gasteiger partial charge in [0.15, 0.2) is 0 Å². The predicted octanol–water partition coefficient (Wildman–Crippen LogP) is 2.52. The van der Waals surface area contributed by atoms with E-state index >= 15 is 0 Å². The van der Waals surface area contributed by atoms with Gasteiger partial charge in [0.2, 0.25) is 11.8 Å². The second kappa shape index (κ2) is 5.44. The smallest absolute Gasteiger partial charge is 0.250 e. The Hall–Kier alpha value is -1.55. The first-order valence-corrected chi connectivity index (χ1v) is 7.10. The van der Waals surface area contributed by atoms with Gasteiger partial charge >= 0.3 is 0 Å². The lowest BCUT2D eigenvalue weighted by atomic mass is 9.96. The number of amides is 2. The Morgan fingerprint density at radius 1 is 1.30 bits per heavy atom. The van der Waals surface area contributed by atoms with E-state index in [1.54, 1.807) is 17.9 Å². The molecule has 0 aliphatic carbocycles. The Morgan fingerprint density at radius 3 is 2.55 bits per heavy atom. The molecule has 0 saturated carbocycles. The summed E-state index contributed by atoms with van der Waals surface area (Å²) in [5, 5.41) is 3.20. The number of nitrogens with zero attached hydrogens (tertiary/aromatic N) is 1. The van der Waals surface area contributed by atoms with Crippen LogP contribution in [0.15, 0.2) is 18.2 Å². The number of rotatable bonds is 2. The van der Waals surface area contributed by atoms with Crippen LogP contribution in [0, 0.1) is 12.8 Å². The molecule has 2 amide bonds. The van der Waals surface area contributed by atoms with Crippen LogP contribution in [0.3, 0.4) is 0 Å². The summed E-state index contributed by atoms with van der Waals surface area (Å²) in [4.78, 5) is 26.3. The first-order chi connectivity index (χ1) is 9.32. The highest BCUT2D eigenvalue weighted by Gasteiger charge is 2.41. The Labute approximate surface area is 124 Å². The van der Waals surface area contributed by atoms with E-state index in [1.165, 1.54) is 0 Å². The summed E-state index contributed by atoms with van der Waals surface area (Å²) in [5.74, 6) is -0.261. The second-order valence-corrected chi connectivity index (χ2v) is 5.99. The fourth-order valence-electron chi connectivity index (χ4n) is 2.50. The molecule has 20 heavy (non-hydrogen) atoms. The van der Waals surface area contributed by atoms with Gasteiger partial charge in [-0.1, -0.05) is 31.5 Å². The number of halogens is 1. The molecule has 0 radical (unpaired) electrons. The van der Waals surface area contributed by atoms with Crippen LogP contribution in [-0.4, -0.2) is 23.9 Å². The van der Waals surface area contributed by atoms with Crippen molar-refractivity contribution < 1.29 is 9.59 Å². The Morgan fingerprint density at radius 2 is 1.95 bits per heavy atom. The molecule has 0 bridgehead atoms. The molecule has 1 aliphatic rings. The van der Waals surface area contributed by atoms with E-state index < -0.39 is 12.1 Å². The van der Waals surface area contributed by atoms with Crippen LogP contribution in [0.2, 0.25) is 5.02 Å². The zero-order chi connectivity index (χ0) is 15.0. The van der Waals surface area contributed by atoms with E-state index in [9.17, 15) is 9.59 Å². The van der Waals surface area contributed by atoms with Crippen molar-refractivity contribution in [3.8, 4) is 0 Å². The summed E-state index contributed by atoms with van der Waals surface area (Å²) in [6.07, 6.45) is 0. The number of carbonyl (C=O) groups is 2. The highest BCUT2D eigenvalue weighted by Crippen LogP contribution is 2.32. The van der Waals surface area contributed by atoms with Crippen molar-refractivity contribution in [3.05, 3.63) is 28.8 Å². The van der Waals surface area contributed by atoms with E-state index in [1.807, 2.05) is 32.9 Å². The van der Waals surface area contributed by atoms with Crippen molar-refractivity contribution >= 4 is 29.1 Å². The summed E-state index contributed by atoms with van der Waals surface area (Å²) in [7, 11) is 0. The van der Waals surface area contributed by atoms with E-state index in [0.717, 1.165) is 5.56 Å². The van der Waals surface area contributed by atoms with Gasteiger partial charge < -0.3 is 5.32 Å². The highest BCUT2D eigenvalue weighted by atomic mass is 35.5. The van der Waals surface area contributed by atoms with Crippen molar-refractivity contribution in [2.75, 3.05) is 4.90 Å². The van der Waals surface area contributed by atoms with Gasteiger partial charge in [0, 0.05) is 0 Å². The Bertz CT molecular complexity index is 557. The lowest BCUT2D eigenvalue weighted by molar-refractivity contribution is -0.134. The molecule has 1 fully saturated rings. The number of carbonyl (C=O) groups excluding carboxylic acids is 2. The van der Waals surface area contributed by atoms with Crippen LogP contribution < -0.4 is 10.2 Å². The van der Waals surface area contributed by atoms with Gasteiger partial charge in [0.05, 0.1) is 10.7 Å². The number of hydrogen-bond acceptors (Lipinski definition) is 2. The normalized spacial score (nSPS) is 23.2. The van der Waals surface area contributed by atoms with Crippen molar-refractivity contribution in [2.24, 2.45) is 5.92 Å². The lowest BCUT2D eigenvalue weighted by Crippen LogP contribution is -2.64. The Kier molecular flexibility index (Phi) is 4.04. The molecular formula is C15H19ClN2O2. The van der Waals surface area contributed by atoms with Gasteiger partial charge in [-0.3, -0.25) is 14.5 Å². The molecule has 4 nitrogen and oxygen atoms in total. The number of nitrogens with one attached hydrogen (secondary N) is 1. The lowest BCUT2D eigenvalue weighted by Gasteiger charge is -2.40. The molecular weight excluding hydrogens is 276 g/mol. The van der Waals surface area contributed by atoms with Crippen molar-refractivity contribution in [1.29, 1.82) is 0 Å². The topological polar surface area (TPSA) is 49.4 Å². The zero-order valence-corrected chi connectivity index (χ0v) is 12.9. The molecule has 1 aromatic carbocycles. The van der Waals surface area contributed by atoms with Crippen molar-refractivity contribution in [1.82, 2.24) is 5.32 Å². The first kappa shape index (κ1) is 14.9. The largest absolute Gasteiger partial charge is 0.343 e. The SMILES string of the molecule is Cc1ccc(Cl)c(N2C(=O)C(C)NC(=O)C2C(C)C)c1. The van der Waals surface area contributed by atoms with E-state index in [2.05, 4.69) is 5.32 Å². The van der Waals surface area contributed by atoms with Gasteiger partial charge in [-0.15, -0.1) is 0 Å². The summed E-state index contributed by atoms with van der Waals surface area (Å²) >= 11 is 6.23. The third-order valence-electron chi connectivity index (χ3n) is 3.51. The molecule has 108 valence electrons. The van der Waals surface area contributed by atoms with Crippen LogP contribution in [0.5, 0.6) is 0 Å². The predicted molar refractivity (Wildman–Crippen MR) is 79.9 cm³/mol. The van der Waals surface area contributed by atoms with Gasteiger partial charge in [-0.05, 0) is 37.5 Å². The molecule has 1 heterocycles. The molecule has 2 rings (SSSR count). The minimum Gasteiger partial charge on any atom is -0.343 e. The molecule has 1 saturated heterocycles. The third kappa shape index (κ3) is 2.52. The molecule has 2 atom stereocenters. The van der Waals surface area contributed by atoms with E-state index in [-0.39, 0.29) is 17.7 Å². The fraction of sp³-hybridized carbons (Fsp3) is 0.467. The molecule has 0 aromatic heterocycles. The zero-order valence-electron chi connectivity index (χ0n) is 12.1. The van der Waals surface area contributed by atoms with Crippen LogP contribution in [0.4, 0.5) is 5.69 Å². The van der Waals surface area contributed by atoms with Gasteiger partial charge in [-0.25, -0.2) is 0 Å². The highest BCUT2D eigenvalue weighted by molar-refractivity contribution is 6.34. The average molecular weight is 295 g/mol. The van der Waals surface area contributed by atoms with Crippen LogP contribution >= 0.6 is 11.6 Å². The van der Waals surface area contributed by atoms with Crippen molar-refractivity contribution in [3.63, 3.8) is 0 Å². The van der Waals surface area contributed by atoms with E-state index in [0.29, 0.717) is 10.7 Å². The molecule has 5 heteroatoms. The molecule has 2 unspecified atom stereocenters. The minimum absolute atomic E-state index is 0.00280. The molecule has 0 spiro atoms. The number of aryl methyl sites for hydroxylation is 1. The van der Waals surface area contributed by atoms with Gasteiger partial charge in [0.25, 0.3) is 0 Å². The van der Waals surface area contributed by atoms with Crippen LogP contribution in [-0.2, 0) is 9.59 Å². The maximum atomic E-state index is 12.5. The first-order valence-electron chi connectivity index (χ1n) is 6.72. The minimum atomic E-state index is -0.533. The van der Waals surface area contributed by atoms with E-state index in [4.69, 9.17) is 11.6 Å².